The van der Waals surface area contributed by atoms with Crippen LogP contribution in [-0.4, -0.2) is 8.07 Å². The maximum absolute atomic E-state index is 2.58. The van der Waals surface area contributed by atoms with Crippen molar-refractivity contribution >= 4 is 13.3 Å². The molecule has 124 valence electrons. The second-order valence-corrected chi connectivity index (χ2v) is 12.5. The first-order valence-electron chi connectivity index (χ1n) is 9.58. The normalized spacial score (nSPS) is 20.0. The van der Waals surface area contributed by atoms with Crippen molar-refractivity contribution in [3.63, 3.8) is 0 Å². The van der Waals surface area contributed by atoms with E-state index < -0.39 is 8.07 Å². The van der Waals surface area contributed by atoms with Gasteiger partial charge < -0.3 is 0 Å². The van der Waals surface area contributed by atoms with E-state index in [1.54, 1.807) is 21.9 Å². The van der Waals surface area contributed by atoms with E-state index >= 15 is 0 Å². The molecule has 0 fully saturated rings. The highest BCUT2D eigenvalue weighted by molar-refractivity contribution is 7.01. The van der Waals surface area contributed by atoms with Crippen molar-refractivity contribution in [2.75, 3.05) is 0 Å². The summed E-state index contributed by atoms with van der Waals surface area (Å²) in [6, 6.07) is 18.0. The van der Waals surface area contributed by atoms with Crippen molar-refractivity contribution in [1.29, 1.82) is 0 Å². The molecule has 1 aliphatic carbocycles. The third kappa shape index (κ3) is 2.25. The minimum atomic E-state index is -1.27. The molecule has 0 saturated carbocycles. The molecule has 0 nitrogen and oxygen atoms in total. The first kappa shape index (κ1) is 15.9. The third-order valence-corrected chi connectivity index (χ3v) is 10.0. The topological polar surface area (TPSA) is 0 Å². The second-order valence-electron chi connectivity index (χ2n) is 8.00. The predicted molar refractivity (Wildman–Crippen MR) is 108 cm³/mol. The molecular formula is C23H28Si. The summed E-state index contributed by atoms with van der Waals surface area (Å²) in [5.41, 5.74) is 8.72. The predicted octanol–water partition coefficient (Wildman–Crippen LogP) is 6.98. The fourth-order valence-corrected chi connectivity index (χ4v) is 9.34. The lowest BCUT2D eigenvalue weighted by Crippen LogP contribution is -2.42. The average molecular weight is 333 g/mol. The van der Waals surface area contributed by atoms with E-state index in [1.165, 1.54) is 43.2 Å². The summed E-state index contributed by atoms with van der Waals surface area (Å²) in [6.07, 6.45) is 6.82. The summed E-state index contributed by atoms with van der Waals surface area (Å²) in [5.74, 6) is 0. The fraction of sp³-hybridized carbons (Fsp3) is 0.391. The van der Waals surface area contributed by atoms with Crippen LogP contribution in [0.5, 0.6) is 0 Å². The molecule has 3 aliphatic rings. The standard InChI is InChI=1S/C23H28Si/c1-4-5-6-10-14-20-22-19-16-11-15-18(17-12-8-7-9-13-17)21(19)23(20)24(22,2)3/h7-9,11-13,15-16,22H,4-6,10,14H2,1-3H3. The zero-order valence-electron chi connectivity index (χ0n) is 15.2. The highest BCUT2D eigenvalue weighted by Crippen LogP contribution is 2.64. The molecule has 0 amide bonds. The highest BCUT2D eigenvalue weighted by atomic mass is 28.3. The molecule has 1 atom stereocenters. The molecule has 2 heterocycles. The molecule has 1 heteroatoms. The number of benzene rings is 2. The van der Waals surface area contributed by atoms with E-state index in [9.17, 15) is 0 Å². The van der Waals surface area contributed by atoms with Crippen molar-refractivity contribution in [1.82, 2.24) is 0 Å². The molecule has 1 unspecified atom stereocenters. The lowest BCUT2D eigenvalue weighted by atomic mass is 9.97. The van der Waals surface area contributed by atoms with Crippen molar-refractivity contribution in [2.45, 2.75) is 57.7 Å². The molecule has 2 bridgehead atoms. The number of unbranched alkanes of at least 4 members (excludes halogenated alkanes) is 3. The summed E-state index contributed by atoms with van der Waals surface area (Å²) in [5, 5.41) is 1.80. The van der Waals surface area contributed by atoms with Gasteiger partial charge in [0.15, 0.2) is 0 Å². The van der Waals surface area contributed by atoms with Gasteiger partial charge in [-0.2, -0.15) is 0 Å². The minimum Gasteiger partial charge on any atom is -0.0654 e. The van der Waals surface area contributed by atoms with Gasteiger partial charge in [-0.3, -0.25) is 0 Å². The van der Waals surface area contributed by atoms with E-state index in [4.69, 9.17) is 0 Å². The Hall–Kier alpha value is -1.60. The van der Waals surface area contributed by atoms with Crippen molar-refractivity contribution < 1.29 is 0 Å². The Morgan fingerprint density at radius 1 is 0.875 bits per heavy atom. The SMILES string of the molecule is CCCCCCC1=C2c3c(-c4ccccc4)cccc3C1[Si]2(C)C. The van der Waals surface area contributed by atoms with Crippen LogP contribution in [0.4, 0.5) is 0 Å². The van der Waals surface area contributed by atoms with Gasteiger partial charge in [-0.25, -0.2) is 0 Å². The molecule has 24 heavy (non-hydrogen) atoms. The molecule has 2 aromatic carbocycles. The summed E-state index contributed by atoms with van der Waals surface area (Å²) in [7, 11) is -1.27. The maximum atomic E-state index is 2.58. The molecule has 2 aliphatic heterocycles. The van der Waals surface area contributed by atoms with Gasteiger partial charge >= 0.3 is 0 Å². The van der Waals surface area contributed by atoms with Crippen LogP contribution in [0.3, 0.4) is 0 Å². The number of hydrogen-bond acceptors (Lipinski definition) is 0. The van der Waals surface area contributed by atoms with Crippen molar-refractivity contribution in [2.24, 2.45) is 0 Å². The van der Waals surface area contributed by atoms with Crippen LogP contribution in [0.25, 0.3) is 16.3 Å². The zero-order chi connectivity index (χ0) is 16.7. The zero-order valence-corrected chi connectivity index (χ0v) is 16.2. The lowest BCUT2D eigenvalue weighted by molar-refractivity contribution is 0.656. The Morgan fingerprint density at radius 3 is 2.42 bits per heavy atom. The van der Waals surface area contributed by atoms with E-state index in [0.29, 0.717) is 0 Å². The van der Waals surface area contributed by atoms with Crippen LogP contribution in [0.2, 0.25) is 13.1 Å². The second kappa shape index (κ2) is 6.04. The molecule has 2 aromatic rings. The average Bonchev–Trinajstić information content (AvgIpc) is 3.07. The van der Waals surface area contributed by atoms with E-state index in [-0.39, 0.29) is 0 Å². The van der Waals surface area contributed by atoms with Crippen LogP contribution in [-0.2, 0) is 0 Å². The Morgan fingerprint density at radius 2 is 1.67 bits per heavy atom. The van der Waals surface area contributed by atoms with Crippen LogP contribution in [0.15, 0.2) is 54.1 Å². The molecule has 0 aromatic heterocycles. The summed E-state index contributed by atoms with van der Waals surface area (Å²) in [6.45, 7) is 7.46. The number of rotatable bonds is 6. The van der Waals surface area contributed by atoms with Crippen LogP contribution < -0.4 is 0 Å². The third-order valence-electron chi connectivity index (χ3n) is 6.08. The quantitative estimate of drug-likeness (QED) is 0.395. The van der Waals surface area contributed by atoms with Gasteiger partial charge in [-0.15, -0.1) is 0 Å². The van der Waals surface area contributed by atoms with Crippen LogP contribution in [0.1, 0.15) is 55.7 Å². The van der Waals surface area contributed by atoms with Gasteiger partial charge in [0.2, 0.25) is 0 Å². The van der Waals surface area contributed by atoms with Crippen LogP contribution in [0, 0.1) is 0 Å². The minimum absolute atomic E-state index is 0.799. The lowest BCUT2D eigenvalue weighted by Gasteiger charge is -2.41. The van der Waals surface area contributed by atoms with Gasteiger partial charge in [0.25, 0.3) is 0 Å². The van der Waals surface area contributed by atoms with E-state index in [0.717, 1.165) is 5.54 Å². The smallest absolute Gasteiger partial charge is 0.0654 e. The van der Waals surface area contributed by atoms with Crippen LogP contribution >= 0.6 is 0 Å². The van der Waals surface area contributed by atoms with Gasteiger partial charge in [0.1, 0.15) is 0 Å². The summed E-state index contributed by atoms with van der Waals surface area (Å²) >= 11 is 0. The Labute approximate surface area is 147 Å². The first-order valence-corrected chi connectivity index (χ1v) is 12.7. The van der Waals surface area contributed by atoms with E-state index in [1.807, 2.05) is 0 Å². The number of allylic oxidation sites excluding steroid dienone is 1. The largest absolute Gasteiger partial charge is 0.0930 e. The maximum Gasteiger partial charge on any atom is 0.0930 e. The van der Waals surface area contributed by atoms with Gasteiger partial charge in [-0.1, -0.05) is 98.6 Å². The monoisotopic (exact) mass is 332 g/mol. The van der Waals surface area contributed by atoms with Crippen molar-refractivity contribution in [3.05, 3.63) is 65.2 Å². The first-order chi connectivity index (χ1) is 11.7. The number of hydrogen-bond donors (Lipinski definition) is 0. The summed E-state index contributed by atoms with van der Waals surface area (Å²) < 4.78 is 0. The molecule has 0 spiro atoms. The van der Waals surface area contributed by atoms with E-state index in [2.05, 4.69) is 68.5 Å². The van der Waals surface area contributed by atoms with Gasteiger partial charge in [-0.05, 0) is 35.1 Å². The van der Waals surface area contributed by atoms with Gasteiger partial charge in [0, 0.05) is 5.54 Å². The summed E-state index contributed by atoms with van der Waals surface area (Å²) in [4.78, 5) is 0. The Balaban J connectivity index is 1.73. The highest BCUT2D eigenvalue weighted by Gasteiger charge is 2.56. The Bertz CT molecular complexity index is 783. The Kier molecular flexibility index (Phi) is 4.00. The molecule has 0 saturated heterocycles. The van der Waals surface area contributed by atoms with Crippen molar-refractivity contribution in [3.8, 4) is 11.1 Å². The molecule has 0 radical (unpaired) electrons. The molecule has 5 rings (SSSR count). The van der Waals surface area contributed by atoms with Gasteiger partial charge in [0.05, 0.1) is 8.07 Å². The molecule has 0 N–H and O–H groups in total. The molecular weight excluding hydrogens is 304 g/mol. The fourth-order valence-electron chi connectivity index (χ4n) is 5.08.